The Hall–Kier alpha value is -1.74. The molecule has 102 valence electrons. The van der Waals surface area contributed by atoms with Gasteiger partial charge in [0.05, 0.1) is 5.92 Å². The van der Waals surface area contributed by atoms with E-state index >= 15 is 0 Å². The number of carbonyl (C=O) groups is 1. The Morgan fingerprint density at radius 1 is 1.10 bits per heavy atom. The molecule has 0 heterocycles. The van der Waals surface area contributed by atoms with Crippen LogP contribution in [0.2, 0.25) is 0 Å². The molecule has 0 bridgehead atoms. The fourth-order valence-corrected chi connectivity index (χ4v) is 3.68. The number of hydrogen-bond donors (Lipinski definition) is 1. The molecule has 1 atom stereocenters. The largest absolute Gasteiger partial charge is 0.369 e. The Morgan fingerprint density at radius 2 is 1.90 bits per heavy atom. The van der Waals surface area contributed by atoms with Gasteiger partial charge < -0.3 is 5.73 Å². The van der Waals surface area contributed by atoms with Crippen LogP contribution >= 0.6 is 11.8 Å². The standard InChI is InChI=1S/C17H17NOS/c18-17(19)16-8-4-5-12-11-14(9-10-15(12)16)20-13-6-2-1-3-7-13/h1-3,6-7,9-11,16H,4-5,8H2,(H2,18,19)/t16-/m1/s1. The zero-order chi connectivity index (χ0) is 13.9. The molecular weight excluding hydrogens is 266 g/mol. The van der Waals surface area contributed by atoms with E-state index in [1.807, 2.05) is 18.2 Å². The third kappa shape index (κ3) is 2.73. The number of amides is 1. The zero-order valence-electron chi connectivity index (χ0n) is 11.2. The second-order valence-corrected chi connectivity index (χ2v) is 6.27. The lowest BCUT2D eigenvalue weighted by molar-refractivity contribution is -0.119. The van der Waals surface area contributed by atoms with Crippen LogP contribution in [0, 0.1) is 0 Å². The van der Waals surface area contributed by atoms with Crippen molar-refractivity contribution in [1.29, 1.82) is 0 Å². The zero-order valence-corrected chi connectivity index (χ0v) is 12.0. The maximum absolute atomic E-state index is 11.5. The van der Waals surface area contributed by atoms with Crippen molar-refractivity contribution in [3.8, 4) is 0 Å². The number of hydrogen-bond acceptors (Lipinski definition) is 2. The average molecular weight is 283 g/mol. The molecule has 0 spiro atoms. The summed E-state index contributed by atoms with van der Waals surface area (Å²) in [6, 6.07) is 16.7. The van der Waals surface area contributed by atoms with E-state index in [2.05, 4.69) is 30.3 Å². The first-order chi connectivity index (χ1) is 9.74. The smallest absolute Gasteiger partial charge is 0.224 e. The molecule has 2 aromatic rings. The predicted octanol–water partition coefficient (Wildman–Crippen LogP) is 3.74. The number of benzene rings is 2. The summed E-state index contributed by atoms with van der Waals surface area (Å²) >= 11 is 1.75. The maximum atomic E-state index is 11.5. The molecule has 2 N–H and O–H groups in total. The van der Waals surface area contributed by atoms with Crippen LogP contribution in [0.3, 0.4) is 0 Å². The van der Waals surface area contributed by atoms with Gasteiger partial charge in [0.2, 0.25) is 5.91 Å². The summed E-state index contributed by atoms with van der Waals surface area (Å²) in [5.74, 6) is -0.302. The molecule has 0 saturated heterocycles. The summed E-state index contributed by atoms with van der Waals surface area (Å²) in [5, 5.41) is 0. The van der Waals surface area contributed by atoms with Gasteiger partial charge in [0.1, 0.15) is 0 Å². The van der Waals surface area contributed by atoms with Crippen LogP contribution in [0.5, 0.6) is 0 Å². The maximum Gasteiger partial charge on any atom is 0.224 e. The van der Waals surface area contributed by atoms with Crippen molar-refractivity contribution in [2.75, 3.05) is 0 Å². The molecule has 3 rings (SSSR count). The number of primary amides is 1. The van der Waals surface area contributed by atoms with Crippen molar-refractivity contribution in [1.82, 2.24) is 0 Å². The molecule has 0 fully saturated rings. The Labute approximate surface area is 123 Å². The highest BCUT2D eigenvalue weighted by Crippen LogP contribution is 2.35. The van der Waals surface area contributed by atoms with E-state index in [0.29, 0.717) is 0 Å². The van der Waals surface area contributed by atoms with E-state index in [4.69, 9.17) is 5.73 Å². The minimum absolute atomic E-state index is 0.102. The van der Waals surface area contributed by atoms with Gasteiger partial charge in [0.25, 0.3) is 0 Å². The van der Waals surface area contributed by atoms with Crippen LogP contribution in [0.25, 0.3) is 0 Å². The van der Waals surface area contributed by atoms with Gasteiger partial charge in [-0.3, -0.25) is 4.79 Å². The van der Waals surface area contributed by atoms with Crippen molar-refractivity contribution in [2.45, 2.75) is 35.0 Å². The van der Waals surface area contributed by atoms with Crippen molar-refractivity contribution in [2.24, 2.45) is 5.73 Å². The normalized spacial score (nSPS) is 17.5. The number of carbonyl (C=O) groups excluding carboxylic acids is 1. The van der Waals surface area contributed by atoms with Gasteiger partial charge in [-0.2, -0.15) is 0 Å². The Morgan fingerprint density at radius 3 is 2.65 bits per heavy atom. The van der Waals surface area contributed by atoms with E-state index < -0.39 is 0 Å². The fourth-order valence-electron chi connectivity index (χ4n) is 2.77. The second-order valence-electron chi connectivity index (χ2n) is 5.12. The summed E-state index contributed by atoms with van der Waals surface area (Å²) in [5.41, 5.74) is 7.90. The van der Waals surface area contributed by atoms with Gasteiger partial charge in [-0.25, -0.2) is 0 Å². The Bertz CT molecular complexity index is 624. The van der Waals surface area contributed by atoms with Crippen molar-refractivity contribution < 1.29 is 4.79 Å². The van der Waals surface area contributed by atoms with Gasteiger partial charge in [-0.15, -0.1) is 0 Å². The third-order valence-corrected chi connectivity index (χ3v) is 4.75. The molecule has 0 radical (unpaired) electrons. The number of rotatable bonds is 3. The molecule has 1 aliphatic rings. The van der Waals surface area contributed by atoms with Crippen LogP contribution in [-0.4, -0.2) is 5.91 Å². The van der Waals surface area contributed by atoms with Crippen molar-refractivity contribution in [3.05, 3.63) is 59.7 Å². The number of fused-ring (bicyclic) bond motifs is 1. The molecule has 1 amide bonds. The second kappa shape index (κ2) is 5.71. The summed E-state index contributed by atoms with van der Waals surface area (Å²) in [4.78, 5) is 14.0. The highest BCUT2D eigenvalue weighted by atomic mass is 32.2. The van der Waals surface area contributed by atoms with Crippen LogP contribution in [0.4, 0.5) is 0 Å². The molecule has 2 nitrogen and oxygen atoms in total. The van der Waals surface area contributed by atoms with E-state index in [-0.39, 0.29) is 11.8 Å². The minimum atomic E-state index is -0.200. The molecule has 20 heavy (non-hydrogen) atoms. The Kier molecular flexibility index (Phi) is 3.79. The van der Waals surface area contributed by atoms with Crippen molar-refractivity contribution in [3.63, 3.8) is 0 Å². The molecular formula is C17H17NOS. The molecule has 0 saturated carbocycles. The summed E-state index contributed by atoms with van der Waals surface area (Å²) in [6.45, 7) is 0. The Balaban J connectivity index is 1.88. The molecule has 0 aliphatic heterocycles. The van der Waals surface area contributed by atoms with E-state index in [9.17, 15) is 4.79 Å². The van der Waals surface area contributed by atoms with Gasteiger partial charge in [0, 0.05) is 9.79 Å². The average Bonchev–Trinajstić information content (AvgIpc) is 2.47. The minimum Gasteiger partial charge on any atom is -0.369 e. The summed E-state index contributed by atoms with van der Waals surface area (Å²) in [6.07, 6.45) is 2.97. The molecule has 2 aromatic carbocycles. The van der Waals surface area contributed by atoms with Crippen LogP contribution in [0.15, 0.2) is 58.3 Å². The quantitative estimate of drug-likeness (QED) is 0.932. The highest BCUT2D eigenvalue weighted by molar-refractivity contribution is 7.99. The predicted molar refractivity (Wildman–Crippen MR) is 81.9 cm³/mol. The number of nitrogens with two attached hydrogens (primary N) is 1. The topological polar surface area (TPSA) is 43.1 Å². The summed E-state index contributed by atoms with van der Waals surface area (Å²) in [7, 11) is 0. The highest BCUT2D eigenvalue weighted by Gasteiger charge is 2.24. The van der Waals surface area contributed by atoms with Gasteiger partial charge in [0.15, 0.2) is 0 Å². The molecule has 1 aliphatic carbocycles. The third-order valence-electron chi connectivity index (χ3n) is 3.75. The van der Waals surface area contributed by atoms with E-state index in [1.54, 1.807) is 11.8 Å². The lowest BCUT2D eigenvalue weighted by atomic mass is 9.82. The van der Waals surface area contributed by atoms with Crippen molar-refractivity contribution >= 4 is 17.7 Å². The van der Waals surface area contributed by atoms with Crippen LogP contribution in [-0.2, 0) is 11.2 Å². The lowest BCUT2D eigenvalue weighted by Gasteiger charge is -2.23. The SMILES string of the molecule is NC(=O)[C@@H]1CCCc2cc(Sc3ccccc3)ccc21. The molecule has 0 aromatic heterocycles. The van der Waals surface area contributed by atoms with Gasteiger partial charge >= 0.3 is 0 Å². The number of aryl methyl sites for hydroxylation is 1. The molecule has 3 heteroatoms. The lowest BCUT2D eigenvalue weighted by Crippen LogP contribution is -2.25. The van der Waals surface area contributed by atoms with E-state index in [0.717, 1.165) is 24.8 Å². The monoisotopic (exact) mass is 283 g/mol. The summed E-state index contributed by atoms with van der Waals surface area (Å²) < 4.78 is 0. The first-order valence-corrected chi connectivity index (χ1v) is 7.71. The van der Waals surface area contributed by atoms with E-state index in [1.165, 1.54) is 15.4 Å². The first kappa shape index (κ1) is 13.3. The van der Waals surface area contributed by atoms with Crippen LogP contribution in [0.1, 0.15) is 29.9 Å². The van der Waals surface area contributed by atoms with Gasteiger partial charge in [-0.05, 0) is 54.7 Å². The van der Waals surface area contributed by atoms with Crippen LogP contribution < -0.4 is 5.73 Å². The first-order valence-electron chi connectivity index (χ1n) is 6.89. The molecule has 0 unspecified atom stereocenters. The van der Waals surface area contributed by atoms with Gasteiger partial charge in [-0.1, -0.05) is 36.0 Å². The fraction of sp³-hybridized carbons (Fsp3) is 0.235.